The van der Waals surface area contributed by atoms with Crippen LogP contribution in [0.15, 0.2) is 36.5 Å². The van der Waals surface area contributed by atoms with E-state index < -0.39 is 6.04 Å². The van der Waals surface area contributed by atoms with E-state index in [0.29, 0.717) is 22.6 Å². The normalized spacial score (nSPS) is 12.2. The number of hydrogen-bond acceptors (Lipinski definition) is 3. The third kappa shape index (κ3) is 2.19. The Morgan fingerprint density at radius 3 is 2.78 bits per heavy atom. The van der Waals surface area contributed by atoms with Gasteiger partial charge in [0.2, 0.25) is 0 Å². The molecule has 0 aliphatic rings. The molecule has 94 valence electrons. The highest BCUT2D eigenvalue weighted by Crippen LogP contribution is 2.28. The standard InChI is InChI=1S/C14H15FN2O/c1-9-5-3-6-10(12(9)15)13(16)14-11(18-2)7-4-8-17-14/h3-8,13H,16H2,1-2H3. The van der Waals surface area contributed by atoms with Crippen molar-refractivity contribution in [2.75, 3.05) is 7.11 Å². The lowest BCUT2D eigenvalue weighted by Gasteiger charge is -2.16. The van der Waals surface area contributed by atoms with Gasteiger partial charge in [-0.25, -0.2) is 4.39 Å². The third-order valence-electron chi connectivity index (χ3n) is 2.87. The molecule has 0 spiro atoms. The predicted molar refractivity (Wildman–Crippen MR) is 68.0 cm³/mol. The molecular weight excluding hydrogens is 231 g/mol. The van der Waals surface area contributed by atoms with E-state index in [4.69, 9.17) is 10.5 Å². The van der Waals surface area contributed by atoms with Gasteiger partial charge in [-0.15, -0.1) is 0 Å². The molecule has 0 aliphatic heterocycles. The van der Waals surface area contributed by atoms with E-state index in [2.05, 4.69) is 4.98 Å². The SMILES string of the molecule is COc1cccnc1C(N)c1cccc(C)c1F. The number of methoxy groups -OCH3 is 1. The van der Waals surface area contributed by atoms with Crippen molar-refractivity contribution in [3.63, 3.8) is 0 Å². The van der Waals surface area contributed by atoms with Crippen molar-refractivity contribution in [1.82, 2.24) is 4.98 Å². The summed E-state index contributed by atoms with van der Waals surface area (Å²) >= 11 is 0. The van der Waals surface area contributed by atoms with E-state index in [1.807, 2.05) is 0 Å². The molecule has 1 heterocycles. The summed E-state index contributed by atoms with van der Waals surface area (Å²) in [5.74, 6) is 0.267. The predicted octanol–water partition coefficient (Wildman–Crippen LogP) is 2.59. The number of aromatic nitrogens is 1. The average molecular weight is 246 g/mol. The van der Waals surface area contributed by atoms with Crippen LogP contribution in [-0.2, 0) is 0 Å². The van der Waals surface area contributed by atoms with E-state index in [1.54, 1.807) is 50.6 Å². The lowest BCUT2D eigenvalue weighted by Crippen LogP contribution is -2.16. The van der Waals surface area contributed by atoms with Gasteiger partial charge in [-0.2, -0.15) is 0 Å². The zero-order valence-corrected chi connectivity index (χ0v) is 10.4. The number of aryl methyl sites for hydroxylation is 1. The summed E-state index contributed by atoms with van der Waals surface area (Å²) < 4.78 is 19.2. The van der Waals surface area contributed by atoms with Gasteiger partial charge in [0.1, 0.15) is 17.3 Å². The van der Waals surface area contributed by atoms with E-state index >= 15 is 0 Å². The van der Waals surface area contributed by atoms with Crippen LogP contribution in [0.3, 0.4) is 0 Å². The van der Waals surface area contributed by atoms with Crippen LogP contribution in [-0.4, -0.2) is 12.1 Å². The molecule has 0 amide bonds. The van der Waals surface area contributed by atoms with Crippen LogP contribution in [0.4, 0.5) is 4.39 Å². The van der Waals surface area contributed by atoms with Crippen LogP contribution in [0.5, 0.6) is 5.75 Å². The molecular formula is C14H15FN2O. The van der Waals surface area contributed by atoms with E-state index in [-0.39, 0.29) is 5.82 Å². The molecule has 0 fully saturated rings. The second kappa shape index (κ2) is 5.14. The first-order valence-electron chi connectivity index (χ1n) is 5.64. The fourth-order valence-electron chi connectivity index (χ4n) is 1.87. The summed E-state index contributed by atoms with van der Waals surface area (Å²) in [5.41, 5.74) is 7.60. The number of rotatable bonds is 3. The molecule has 0 saturated heterocycles. The molecule has 3 nitrogen and oxygen atoms in total. The minimum atomic E-state index is -0.638. The average Bonchev–Trinajstić information content (AvgIpc) is 2.41. The van der Waals surface area contributed by atoms with Crippen LogP contribution in [0.25, 0.3) is 0 Å². The highest BCUT2D eigenvalue weighted by molar-refractivity contribution is 5.38. The minimum absolute atomic E-state index is 0.294. The minimum Gasteiger partial charge on any atom is -0.495 e. The second-order valence-electron chi connectivity index (χ2n) is 4.05. The van der Waals surface area contributed by atoms with Crippen molar-refractivity contribution in [2.45, 2.75) is 13.0 Å². The molecule has 2 rings (SSSR count). The number of halogens is 1. The van der Waals surface area contributed by atoms with Gasteiger partial charge in [0.25, 0.3) is 0 Å². The highest BCUT2D eigenvalue weighted by atomic mass is 19.1. The lowest BCUT2D eigenvalue weighted by atomic mass is 10.0. The number of ether oxygens (including phenoxy) is 1. The molecule has 2 N–H and O–H groups in total. The largest absolute Gasteiger partial charge is 0.495 e. The van der Waals surface area contributed by atoms with E-state index in [0.717, 1.165) is 0 Å². The molecule has 2 aromatic rings. The Morgan fingerprint density at radius 1 is 1.28 bits per heavy atom. The Bertz CT molecular complexity index is 557. The van der Waals surface area contributed by atoms with E-state index in [9.17, 15) is 4.39 Å². The Morgan fingerprint density at radius 2 is 2.06 bits per heavy atom. The van der Waals surface area contributed by atoms with Crippen molar-refractivity contribution in [2.24, 2.45) is 5.73 Å². The van der Waals surface area contributed by atoms with Gasteiger partial charge >= 0.3 is 0 Å². The van der Waals surface area contributed by atoms with Gasteiger partial charge in [-0.05, 0) is 24.6 Å². The first kappa shape index (κ1) is 12.5. The van der Waals surface area contributed by atoms with Crippen LogP contribution in [0.2, 0.25) is 0 Å². The summed E-state index contributed by atoms with van der Waals surface area (Å²) in [4.78, 5) is 4.18. The van der Waals surface area contributed by atoms with Crippen molar-refractivity contribution in [3.05, 3.63) is 59.2 Å². The zero-order valence-electron chi connectivity index (χ0n) is 10.4. The molecule has 0 aliphatic carbocycles. The van der Waals surface area contributed by atoms with E-state index in [1.165, 1.54) is 0 Å². The summed E-state index contributed by atoms with van der Waals surface area (Å²) in [6.45, 7) is 1.71. The van der Waals surface area contributed by atoms with Crippen LogP contribution < -0.4 is 10.5 Å². The maximum atomic E-state index is 14.0. The van der Waals surface area contributed by atoms with Crippen molar-refractivity contribution in [3.8, 4) is 5.75 Å². The van der Waals surface area contributed by atoms with Crippen LogP contribution >= 0.6 is 0 Å². The Kier molecular flexibility index (Phi) is 3.58. The number of benzene rings is 1. The van der Waals surface area contributed by atoms with Crippen molar-refractivity contribution in [1.29, 1.82) is 0 Å². The first-order chi connectivity index (χ1) is 8.65. The van der Waals surface area contributed by atoms with Crippen LogP contribution in [0, 0.1) is 12.7 Å². The highest BCUT2D eigenvalue weighted by Gasteiger charge is 2.19. The molecule has 0 radical (unpaired) electrons. The van der Waals surface area contributed by atoms with Crippen molar-refractivity contribution < 1.29 is 9.13 Å². The topological polar surface area (TPSA) is 48.1 Å². The lowest BCUT2D eigenvalue weighted by molar-refractivity contribution is 0.404. The Labute approximate surface area is 105 Å². The smallest absolute Gasteiger partial charge is 0.142 e. The first-order valence-corrected chi connectivity index (χ1v) is 5.64. The summed E-state index contributed by atoms with van der Waals surface area (Å²) in [5, 5.41) is 0. The molecule has 0 saturated carbocycles. The molecule has 1 unspecified atom stereocenters. The Hall–Kier alpha value is -1.94. The molecule has 18 heavy (non-hydrogen) atoms. The maximum Gasteiger partial charge on any atom is 0.142 e. The number of nitrogens with zero attached hydrogens (tertiary/aromatic N) is 1. The second-order valence-corrected chi connectivity index (χ2v) is 4.05. The summed E-state index contributed by atoms with van der Waals surface area (Å²) in [6.07, 6.45) is 1.62. The quantitative estimate of drug-likeness (QED) is 0.905. The Balaban J connectivity index is 2.48. The number of hydrogen-bond donors (Lipinski definition) is 1. The number of pyridine rings is 1. The van der Waals surface area contributed by atoms with Gasteiger partial charge in [-0.3, -0.25) is 4.98 Å². The molecule has 0 bridgehead atoms. The molecule has 4 heteroatoms. The van der Waals surface area contributed by atoms with Gasteiger partial charge in [0.15, 0.2) is 0 Å². The summed E-state index contributed by atoms with van der Waals surface area (Å²) in [7, 11) is 1.54. The fourth-order valence-corrected chi connectivity index (χ4v) is 1.87. The fraction of sp³-hybridized carbons (Fsp3) is 0.214. The van der Waals surface area contributed by atoms with Gasteiger partial charge in [0, 0.05) is 11.8 Å². The van der Waals surface area contributed by atoms with Gasteiger partial charge in [0.05, 0.1) is 13.2 Å². The zero-order chi connectivity index (χ0) is 13.1. The molecule has 1 atom stereocenters. The third-order valence-corrected chi connectivity index (χ3v) is 2.87. The van der Waals surface area contributed by atoms with Crippen LogP contribution in [0.1, 0.15) is 22.9 Å². The van der Waals surface area contributed by atoms with Gasteiger partial charge < -0.3 is 10.5 Å². The number of nitrogens with two attached hydrogens (primary N) is 1. The monoisotopic (exact) mass is 246 g/mol. The van der Waals surface area contributed by atoms with Crippen molar-refractivity contribution >= 4 is 0 Å². The maximum absolute atomic E-state index is 14.0. The van der Waals surface area contributed by atoms with Gasteiger partial charge in [-0.1, -0.05) is 18.2 Å². The summed E-state index contributed by atoms with van der Waals surface area (Å²) in [6, 6.07) is 8.03. The molecule has 1 aromatic heterocycles. The molecule has 1 aromatic carbocycles.